The molecule has 1 saturated carbocycles. The highest BCUT2D eigenvalue weighted by molar-refractivity contribution is 7.80. The van der Waals surface area contributed by atoms with Gasteiger partial charge in [0.1, 0.15) is 4.99 Å². The number of benzene rings is 1. The van der Waals surface area contributed by atoms with Crippen LogP contribution in [0.2, 0.25) is 0 Å². The highest BCUT2D eigenvalue weighted by Crippen LogP contribution is 2.21. The minimum atomic E-state index is 0.147. The van der Waals surface area contributed by atoms with Crippen molar-refractivity contribution in [1.29, 1.82) is 0 Å². The van der Waals surface area contributed by atoms with Gasteiger partial charge in [-0.15, -0.1) is 0 Å². The summed E-state index contributed by atoms with van der Waals surface area (Å²) in [5.41, 5.74) is 8.67. The molecule has 1 aliphatic rings. The molecule has 0 saturated heterocycles. The first-order valence-corrected chi connectivity index (χ1v) is 7.41. The Morgan fingerprint density at radius 2 is 2.20 bits per heavy atom. The van der Waals surface area contributed by atoms with Crippen molar-refractivity contribution in [3.63, 3.8) is 0 Å². The lowest BCUT2D eigenvalue weighted by Crippen LogP contribution is -2.25. The van der Waals surface area contributed by atoms with E-state index in [0.717, 1.165) is 42.6 Å². The molecule has 2 rings (SSSR count). The predicted octanol–water partition coefficient (Wildman–Crippen LogP) is 2.10. The van der Waals surface area contributed by atoms with E-state index in [2.05, 4.69) is 10.6 Å². The highest BCUT2D eigenvalue weighted by Gasteiger charge is 2.22. The van der Waals surface area contributed by atoms with E-state index in [0.29, 0.717) is 17.5 Å². The Hall–Kier alpha value is -1.62. The Labute approximate surface area is 125 Å². The van der Waals surface area contributed by atoms with Gasteiger partial charge in [0.05, 0.1) is 0 Å². The van der Waals surface area contributed by atoms with Crippen LogP contribution in [0.3, 0.4) is 0 Å². The lowest BCUT2D eigenvalue weighted by Gasteiger charge is -2.14. The maximum Gasteiger partial charge on any atom is 0.220 e. The smallest absolute Gasteiger partial charge is 0.220 e. The third-order valence-corrected chi connectivity index (χ3v) is 3.58. The van der Waals surface area contributed by atoms with Crippen LogP contribution < -0.4 is 16.4 Å². The van der Waals surface area contributed by atoms with E-state index in [1.807, 2.05) is 25.1 Å². The Balaban J connectivity index is 1.81. The van der Waals surface area contributed by atoms with Crippen LogP contribution in [0.5, 0.6) is 0 Å². The molecule has 108 valence electrons. The standard InChI is InChI=1S/C15H21N3OS/c1-10-4-2-5-12(15(16)20)14(10)17-9-3-6-13(19)18-11-7-8-11/h2,4-5,11,17H,3,6-9H2,1H3,(H2,16,20)(H,18,19). The second-order valence-corrected chi connectivity index (χ2v) is 5.67. The zero-order chi connectivity index (χ0) is 14.5. The molecule has 20 heavy (non-hydrogen) atoms. The molecule has 0 aliphatic heterocycles. The summed E-state index contributed by atoms with van der Waals surface area (Å²) in [5, 5.41) is 6.33. The molecule has 0 radical (unpaired) electrons. The van der Waals surface area contributed by atoms with Crippen LogP contribution >= 0.6 is 12.2 Å². The van der Waals surface area contributed by atoms with E-state index in [9.17, 15) is 4.79 Å². The average molecular weight is 291 g/mol. The van der Waals surface area contributed by atoms with Gasteiger partial charge in [0.25, 0.3) is 0 Å². The number of nitrogens with one attached hydrogen (secondary N) is 2. The van der Waals surface area contributed by atoms with Gasteiger partial charge in [0.15, 0.2) is 0 Å². The molecule has 4 nitrogen and oxygen atoms in total. The van der Waals surface area contributed by atoms with Crippen LogP contribution in [0.15, 0.2) is 18.2 Å². The lowest BCUT2D eigenvalue weighted by molar-refractivity contribution is -0.121. The summed E-state index contributed by atoms with van der Waals surface area (Å²) in [5.74, 6) is 0.147. The molecule has 1 aromatic rings. The van der Waals surface area contributed by atoms with Gasteiger partial charge < -0.3 is 16.4 Å². The van der Waals surface area contributed by atoms with Crippen molar-refractivity contribution in [2.75, 3.05) is 11.9 Å². The summed E-state index contributed by atoms with van der Waals surface area (Å²) in [6, 6.07) is 6.31. The molecule has 5 heteroatoms. The topological polar surface area (TPSA) is 67.1 Å². The van der Waals surface area contributed by atoms with Gasteiger partial charge in [-0.1, -0.05) is 24.4 Å². The molecule has 1 fully saturated rings. The molecule has 0 aromatic heterocycles. The molecule has 4 N–H and O–H groups in total. The second-order valence-electron chi connectivity index (χ2n) is 5.23. The largest absolute Gasteiger partial charge is 0.389 e. The Bertz CT molecular complexity index is 512. The monoisotopic (exact) mass is 291 g/mol. The van der Waals surface area contributed by atoms with Crippen LogP contribution in [0.25, 0.3) is 0 Å². The van der Waals surface area contributed by atoms with Gasteiger partial charge in [0, 0.05) is 30.3 Å². The summed E-state index contributed by atoms with van der Waals surface area (Å²) in [6.07, 6.45) is 3.61. The van der Waals surface area contributed by atoms with Crippen molar-refractivity contribution >= 4 is 28.8 Å². The normalized spacial score (nSPS) is 13.8. The molecule has 1 aromatic carbocycles. The maximum atomic E-state index is 11.6. The van der Waals surface area contributed by atoms with E-state index in [1.54, 1.807) is 0 Å². The Morgan fingerprint density at radius 3 is 2.85 bits per heavy atom. The third-order valence-electron chi connectivity index (χ3n) is 3.36. The van der Waals surface area contributed by atoms with Crippen molar-refractivity contribution < 1.29 is 4.79 Å². The van der Waals surface area contributed by atoms with Crippen LogP contribution in [0.1, 0.15) is 36.8 Å². The zero-order valence-electron chi connectivity index (χ0n) is 11.7. The van der Waals surface area contributed by atoms with Gasteiger partial charge in [-0.25, -0.2) is 0 Å². The average Bonchev–Trinajstić information content (AvgIpc) is 3.19. The number of amides is 1. The number of carbonyl (C=O) groups is 1. The quantitative estimate of drug-likeness (QED) is 0.531. The molecule has 0 spiro atoms. The molecular weight excluding hydrogens is 270 g/mol. The first kappa shape index (κ1) is 14.8. The fourth-order valence-electron chi connectivity index (χ4n) is 2.10. The number of anilines is 1. The van der Waals surface area contributed by atoms with Gasteiger partial charge >= 0.3 is 0 Å². The molecular formula is C15H21N3OS. The summed E-state index contributed by atoms with van der Waals surface area (Å²) in [6.45, 7) is 2.75. The lowest BCUT2D eigenvalue weighted by atomic mass is 10.1. The molecule has 0 unspecified atom stereocenters. The van der Waals surface area contributed by atoms with Crippen molar-refractivity contribution in [3.8, 4) is 0 Å². The summed E-state index contributed by atoms with van der Waals surface area (Å²) >= 11 is 5.06. The van der Waals surface area contributed by atoms with Crippen molar-refractivity contribution in [1.82, 2.24) is 5.32 Å². The van der Waals surface area contributed by atoms with E-state index in [4.69, 9.17) is 18.0 Å². The highest BCUT2D eigenvalue weighted by atomic mass is 32.1. The zero-order valence-corrected chi connectivity index (χ0v) is 12.6. The second kappa shape index (κ2) is 6.70. The minimum Gasteiger partial charge on any atom is -0.389 e. The van der Waals surface area contributed by atoms with Crippen molar-refractivity contribution in [3.05, 3.63) is 29.3 Å². The van der Waals surface area contributed by atoms with Crippen LogP contribution in [0, 0.1) is 6.92 Å². The fraction of sp³-hybridized carbons (Fsp3) is 0.467. The van der Waals surface area contributed by atoms with Crippen molar-refractivity contribution in [2.24, 2.45) is 5.73 Å². The first-order valence-electron chi connectivity index (χ1n) is 7.00. The van der Waals surface area contributed by atoms with Crippen LogP contribution in [0.4, 0.5) is 5.69 Å². The predicted molar refractivity (Wildman–Crippen MR) is 86.0 cm³/mol. The SMILES string of the molecule is Cc1cccc(C(N)=S)c1NCCCC(=O)NC1CC1. The van der Waals surface area contributed by atoms with E-state index in [1.165, 1.54) is 0 Å². The summed E-state index contributed by atoms with van der Waals surface area (Å²) in [7, 11) is 0. The molecule has 0 bridgehead atoms. The minimum absolute atomic E-state index is 0.147. The number of hydrogen-bond acceptors (Lipinski definition) is 3. The van der Waals surface area contributed by atoms with Gasteiger partial charge in [-0.2, -0.15) is 0 Å². The number of nitrogens with two attached hydrogens (primary N) is 1. The molecule has 0 heterocycles. The Morgan fingerprint density at radius 1 is 1.45 bits per heavy atom. The van der Waals surface area contributed by atoms with Gasteiger partial charge in [-0.3, -0.25) is 4.79 Å². The van der Waals surface area contributed by atoms with Gasteiger partial charge in [0.2, 0.25) is 5.91 Å². The first-order chi connectivity index (χ1) is 9.58. The van der Waals surface area contributed by atoms with Crippen LogP contribution in [-0.2, 0) is 4.79 Å². The Kier molecular flexibility index (Phi) is 4.95. The van der Waals surface area contributed by atoms with E-state index in [-0.39, 0.29) is 5.91 Å². The number of thiocarbonyl (C=S) groups is 1. The molecule has 1 aliphatic carbocycles. The number of para-hydroxylation sites is 1. The summed E-state index contributed by atoms with van der Waals surface area (Å²) in [4.78, 5) is 12.0. The van der Waals surface area contributed by atoms with E-state index < -0.39 is 0 Å². The molecule has 0 atom stereocenters. The van der Waals surface area contributed by atoms with Crippen molar-refractivity contribution in [2.45, 2.75) is 38.6 Å². The summed E-state index contributed by atoms with van der Waals surface area (Å²) < 4.78 is 0. The number of carbonyl (C=O) groups excluding carboxylic acids is 1. The van der Waals surface area contributed by atoms with Crippen LogP contribution in [-0.4, -0.2) is 23.5 Å². The van der Waals surface area contributed by atoms with E-state index >= 15 is 0 Å². The number of rotatable bonds is 7. The third kappa shape index (κ3) is 4.20. The molecule has 1 amide bonds. The number of aryl methyl sites for hydroxylation is 1. The maximum absolute atomic E-state index is 11.6. The van der Waals surface area contributed by atoms with Gasteiger partial charge in [-0.05, 0) is 37.8 Å². The fourth-order valence-corrected chi connectivity index (χ4v) is 2.27. The number of hydrogen-bond donors (Lipinski definition) is 3.